The van der Waals surface area contributed by atoms with Gasteiger partial charge in [-0.1, -0.05) is 11.6 Å². The molecule has 0 aliphatic rings. The lowest BCUT2D eigenvalue weighted by Crippen LogP contribution is -2.25. The topological polar surface area (TPSA) is 66.8 Å². The number of aliphatic hydroxyl groups is 2. The molecule has 0 radical (unpaired) electrons. The van der Waals surface area contributed by atoms with Crippen molar-refractivity contribution >= 4 is 17.6 Å². The van der Waals surface area contributed by atoms with Crippen molar-refractivity contribution < 1.29 is 32.9 Å². The lowest BCUT2D eigenvalue weighted by atomic mass is 9.96. The number of ether oxygens (including phenoxy) is 1. The number of carbonyl (C=O) groups is 1. The molecule has 0 saturated heterocycles. The van der Waals surface area contributed by atoms with Crippen LogP contribution in [-0.4, -0.2) is 28.9 Å². The largest absolute Gasteiger partial charge is 0.466 e. The summed E-state index contributed by atoms with van der Waals surface area (Å²) < 4.78 is 43.1. The molecule has 0 saturated carbocycles. The van der Waals surface area contributed by atoms with E-state index in [1.165, 1.54) is 0 Å². The quantitative estimate of drug-likeness (QED) is 0.816. The number of halogens is 4. The number of benzene rings is 1. The highest BCUT2D eigenvalue weighted by atomic mass is 35.5. The second kappa shape index (κ2) is 7.11. The number of alkyl halides is 3. The van der Waals surface area contributed by atoms with E-state index in [0.717, 1.165) is 12.1 Å². The van der Waals surface area contributed by atoms with E-state index in [2.05, 4.69) is 4.74 Å². The molecule has 1 rings (SSSR count). The Morgan fingerprint density at radius 2 is 2.00 bits per heavy atom. The molecule has 21 heavy (non-hydrogen) atoms. The number of rotatable bonds is 5. The predicted molar refractivity (Wildman–Crippen MR) is 68.7 cm³/mol. The van der Waals surface area contributed by atoms with Crippen molar-refractivity contribution in [2.45, 2.75) is 31.7 Å². The van der Waals surface area contributed by atoms with Crippen LogP contribution in [-0.2, 0) is 15.7 Å². The van der Waals surface area contributed by atoms with Gasteiger partial charge in [0.2, 0.25) is 0 Å². The molecule has 1 aromatic carbocycles. The van der Waals surface area contributed by atoms with E-state index in [1.54, 1.807) is 6.92 Å². The van der Waals surface area contributed by atoms with E-state index in [0.29, 0.717) is 6.07 Å². The van der Waals surface area contributed by atoms with Crippen molar-refractivity contribution in [1.29, 1.82) is 0 Å². The Kier molecular flexibility index (Phi) is 6.00. The normalized spacial score (nSPS) is 14.6. The SMILES string of the molecule is CCOC(=O)CC(O)C(O)c1cc(Cl)ccc1C(F)(F)F. The highest BCUT2D eigenvalue weighted by molar-refractivity contribution is 6.30. The number of hydrogen-bond donors (Lipinski definition) is 2. The fourth-order valence-corrected chi connectivity index (χ4v) is 1.93. The maximum Gasteiger partial charge on any atom is 0.416 e. The molecule has 0 aliphatic carbocycles. The zero-order valence-corrected chi connectivity index (χ0v) is 11.8. The summed E-state index contributed by atoms with van der Waals surface area (Å²) in [4.78, 5) is 11.2. The minimum Gasteiger partial charge on any atom is -0.466 e. The Morgan fingerprint density at radius 3 is 2.52 bits per heavy atom. The zero-order chi connectivity index (χ0) is 16.2. The summed E-state index contributed by atoms with van der Waals surface area (Å²) in [6, 6.07) is 2.64. The van der Waals surface area contributed by atoms with Crippen LogP contribution in [0.5, 0.6) is 0 Å². The molecular formula is C13H14ClF3O4. The average molecular weight is 327 g/mol. The van der Waals surface area contributed by atoms with Crippen molar-refractivity contribution in [3.8, 4) is 0 Å². The lowest BCUT2D eigenvalue weighted by molar-refractivity contribution is -0.147. The van der Waals surface area contributed by atoms with Crippen molar-refractivity contribution in [2.75, 3.05) is 6.61 Å². The Balaban J connectivity index is 3.03. The van der Waals surface area contributed by atoms with Gasteiger partial charge in [-0.25, -0.2) is 0 Å². The third kappa shape index (κ3) is 4.87. The smallest absolute Gasteiger partial charge is 0.416 e. The molecule has 0 aliphatic heterocycles. The van der Waals surface area contributed by atoms with Gasteiger partial charge < -0.3 is 14.9 Å². The second-order valence-corrected chi connectivity index (χ2v) is 4.69. The third-order valence-electron chi connectivity index (χ3n) is 2.68. The third-order valence-corrected chi connectivity index (χ3v) is 2.92. The molecule has 118 valence electrons. The van der Waals surface area contributed by atoms with Gasteiger partial charge in [-0.2, -0.15) is 13.2 Å². The summed E-state index contributed by atoms with van der Waals surface area (Å²) in [6.07, 6.45) is -8.99. The molecule has 0 spiro atoms. The van der Waals surface area contributed by atoms with E-state index < -0.39 is 41.9 Å². The van der Waals surface area contributed by atoms with Gasteiger partial charge in [-0.3, -0.25) is 4.79 Å². The van der Waals surface area contributed by atoms with E-state index >= 15 is 0 Å². The fourth-order valence-electron chi connectivity index (χ4n) is 1.75. The lowest BCUT2D eigenvalue weighted by Gasteiger charge is -2.21. The van der Waals surface area contributed by atoms with Crippen molar-refractivity contribution in [2.24, 2.45) is 0 Å². The fraction of sp³-hybridized carbons (Fsp3) is 0.462. The standard InChI is InChI=1S/C13H14ClF3O4/c1-2-21-11(19)6-10(18)12(20)8-5-7(14)3-4-9(8)13(15,16)17/h3-5,10,12,18,20H,2,6H2,1H3. The number of aliphatic hydroxyl groups excluding tert-OH is 2. The molecule has 0 heterocycles. The Morgan fingerprint density at radius 1 is 1.38 bits per heavy atom. The molecule has 8 heteroatoms. The van der Waals surface area contributed by atoms with Crippen molar-refractivity contribution in [1.82, 2.24) is 0 Å². The molecule has 2 N–H and O–H groups in total. The summed E-state index contributed by atoms with van der Waals surface area (Å²) in [6.45, 7) is 1.60. The van der Waals surface area contributed by atoms with E-state index in [1.807, 2.05) is 0 Å². The van der Waals surface area contributed by atoms with Crippen LogP contribution >= 0.6 is 11.6 Å². The maximum atomic E-state index is 12.9. The van der Waals surface area contributed by atoms with Crippen molar-refractivity contribution in [3.63, 3.8) is 0 Å². The summed E-state index contributed by atoms with van der Waals surface area (Å²) >= 11 is 5.62. The van der Waals surface area contributed by atoms with E-state index in [9.17, 15) is 28.2 Å². The minimum atomic E-state index is -4.72. The zero-order valence-electron chi connectivity index (χ0n) is 11.0. The van der Waals surface area contributed by atoms with Gasteiger partial charge in [0.05, 0.1) is 24.7 Å². The van der Waals surface area contributed by atoms with Gasteiger partial charge >= 0.3 is 12.1 Å². The molecule has 0 fully saturated rings. The molecule has 2 atom stereocenters. The summed E-state index contributed by atoms with van der Waals surface area (Å²) in [5.74, 6) is -0.820. The van der Waals surface area contributed by atoms with Crippen LogP contribution in [0.25, 0.3) is 0 Å². The van der Waals surface area contributed by atoms with Crippen molar-refractivity contribution in [3.05, 3.63) is 34.3 Å². The van der Waals surface area contributed by atoms with Gasteiger partial charge in [0.15, 0.2) is 0 Å². The Hall–Kier alpha value is -1.31. The van der Waals surface area contributed by atoms with Crippen LogP contribution in [0, 0.1) is 0 Å². The van der Waals surface area contributed by atoms with Crippen LogP contribution in [0.2, 0.25) is 5.02 Å². The van der Waals surface area contributed by atoms with E-state index in [4.69, 9.17) is 11.6 Å². The van der Waals surface area contributed by atoms with Gasteiger partial charge in [-0.05, 0) is 30.7 Å². The van der Waals surface area contributed by atoms with E-state index in [-0.39, 0.29) is 11.6 Å². The number of esters is 1. The first-order valence-corrected chi connectivity index (χ1v) is 6.43. The van der Waals surface area contributed by atoms with Crippen LogP contribution in [0.4, 0.5) is 13.2 Å². The first-order chi connectivity index (χ1) is 9.66. The second-order valence-electron chi connectivity index (χ2n) is 4.25. The highest BCUT2D eigenvalue weighted by Crippen LogP contribution is 2.37. The summed E-state index contributed by atoms with van der Waals surface area (Å²) in [5, 5.41) is 19.5. The number of carbonyl (C=O) groups excluding carboxylic acids is 1. The Bertz CT molecular complexity index is 505. The molecule has 1 aromatic rings. The first kappa shape index (κ1) is 17.7. The maximum absolute atomic E-state index is 12.9. The molecule has 4 nitrogen and oxygen atoms in total. The molecule has 0 bridgehead atoms. The minimum absolute atomic E-state index is 0.0274. The van der Waals surface area contributed by atoms with Crippen LogP contribution in [0.15, 0.2) is 18.2 Å². The van der Waals surface area contributed by atoms with Gasteiger partial charge in [0, 0.05) is 5.02 Å². The van der Waals surface area contributed by atoms with Gasteiger partial charge in [-0.15, -0.1) is 0 Å². The first-order valence-electron chi connectivity index (χ1n) is 6.05. The van der Waals surface area contributed by atoms with Gasteiger partial charge in [0.1, 0.15) is 6.10 Å². The van der Waals surface area contributed by atoms with Crippen LogP contribution in [0.3, 0.4) is 0 Å². The monoisotopic (exact) mass is 326 g/mol. The average Bonchev–Trinajstić information content (AvgIpc) is 2.36. The molecule has 0 amide bonds. The molecule has 0 aromatic heterocycles. The highest BCUT2D eigenvalue weighted by Gasteiger charge is 2.37. The Labute approximate surface area is 124 Å². The van der Waals surface area contributed by atoms with Crippen LogP contribution in [0.1, 0.15) is 30.6 Å². The van der Waals surface area contributed by atoms with Crippen LogP contribution < -0.4 is 0 Å². The predicted octanol–water partition coefficient (Wildman–Crippen LogP) is 2.71. The number of hydrogen-bond acceptors (Lipinski definition) is 4. The van der Waals surface area contributed by atoms with Gasteiger partial charge in [0.25, 0.3) is 0 Å². The summed E-state index contributed by atoms with van der Waals surface area (Å²) in [5.41, 5.74) is -1.71. The molecular weight excluding hydrogens is 313 g/mol. The summed E-state index contributed by atoms with van der Waals surface area (Å²) in [7, 11) is 0. The molecule has 2 unspecified atom stereocenters.